The average Bonchev–Trinajstić information content (AvgIpc) is 3.49. The minimum Gasteiger partial charge on any atom is -0.386 e. The summed E-state index contributed by atoms with van der Waals surface area (Å²) in [7, 11) is 4.74. The van der Waals surface area contributed by atoms with Crippen molar-refractivity contribution in [3.05, 3.63) is 35.9 Å². The molecule has 4 amide bonds. The van der Waals surface area contributed by atoms with E-state index in [9.17, 15) is 24.3 Å². The van der Waals surface area contributed by atoms with E-state index < -0.39 is 30.3 Å². The molecule has 11 nitrogen and oxygen atoms in total. The Kier molecular flexibility index (Phi) is 14.4. The Morgan fingerprint density at radius 2 is 1.81 bits per heavy atom. The molecule has 42 heavy (non-hydrogen) atoms. The Bertz CT molecular complexity index is 1010. The fourth-order valence-electron chi connectivity index (χ4n) is 5.95. The molecule has 11 heteroatoms. The minimum atomic E-state index is -0.864. The maximum atomic E-state index is 13.7. The SMILES string of the molecule is CC[C@H](C)C([C@@H](CC(=O)N1CCC[C@H]1[C@H](OC)[C@@H](C)C(=O)N[C@H](C)[C@@H](O)c1ccccc1)OC)N(C)C(=O)CNC=O. The maximum absolute atomic E-state index is 13.7. The molecule has 0 aliphatic carbocycles. The summed E-state index contributed by atoms with van der Waals surface area (Å²) in [4.78, 5) is 53.8. The molecule has 0 bridgehead atoms. The van der Waals surface area contributed by atoms with Crippen molar-refractivity contribution < 1.29 is 33.8 Å². The predicted molar refractivity (Wildman–Crippen MR) is 159 cm³/mol. The van der Waals surface area contributed by atoms with Gasteiger partial charge in [-0.2, -0.15) is 0 Å². The molecule has 3 N–H and O–H groups in total. The molecular weight excluding hydrogens is 540 g/mol. The third-order valence-corrected chi connectivity index (χ3v) is 8.63. The number of nitrogens with zero attached hydrogens (tertiary/aromatic N) is 2. The largest absolute Gasteiger partial charge is 0.386 e. The molecular formula is C31H50N4O7. The summed E-state index contributed by atoms with van der Waals surface area (Å²) in [5.41, 5.74) is 0.713. The van der Waals surface area contributed by atoms with Crippen molar-refractivity contribution in [3.8, 4) is 0 Å². The molecule has 0 spiro atoms. The summed E-state index contributed by atoms with van der Waals surface area (Å²) in [5.74, 6) is -1.22. The zero-order valence-corrected chi connectivity index (χ0v) is 26.1. The Labute approximate surface area is 250 Å². The van der Waals surface area contributed by atoms with Crippen LogP contribution in [0.3, 0.4) is 0 Å². The van der Waals surface area contributed by atoms with Crippen molar-refractivity contribution in [3.63, 3.8) is 0 Å². The van der Waals surface area contributed by atoms with E-state index in [1.165, 1.54) is 7.11 Å². The quantitative estimate of drug-likeness (QED) is 0.236. The van der Waals surface area contributed by atoms with Crippen molar-refractivity contribution in [2.45, 2.75) is 89.8 Å². The van der Waals surface area contributed by atoms with Crippen LogP contribution in [0, 0.1) is 11.8 Å². The monoisotopic (exact) mass is 590 g/mol. The van der Waals surface area contributed by atoms with Gasteiger partial charge in [0.1, 0.15) is 0 Å². The van der Waals surface area contributed by atoms with E-state index in [-0.39, 0.29) is 48.7 Å². The minimum absolute atomic E-state index is 0.0333. The third-order valence-electron chi connectivity index (χ3n) is 8.63. The second kappa shape index (κ2) is 17.2. The molecule has 1 fully saturated rings. The van der Waals surface area contributed by atoms with Gasteiger partial charge in [0.2, 0.25) is 24.1 Å². The molecule has 1 heterocycles. The lowest BCUT2D eigenvalue weighted by molar-refractivity contribution is -0.145. The highest BCUT2D eigenvalue weighted by molar-refractivity contribution is 5.81. The zero-order valence-electron chi connectivity index (χ0n) is 26.1. The van der Waals surface area contributed by atoms with Gasteiger partial charge in [-0.25, -0.2) is 0 Å². The number of carbonyl (C=O) groups excluding carboxylic acids is 4. The Morgan fingerprint density at radius 1 is 1.14 bits per heavy atom. The number of carbonyl (C=O) groups is 4. The number of rotatable bonds is 17. The van der Waals surface area contributed by atoms with Crippen molar-refractivity contribution in [1.29, 1.82) is 0 Å². The molecule has 1 aliphatic rings. The van der Waals surface area contributed by atoms with E-state index in [1.807, 2.05) is 44.2 Å². The number of aliphatic hydroxyl groups excluding tert-OH is 1. The van der Waals surface area contributed by atoms with Gasteiger partial charge in [0.15, 0.2) is 0 Å². The lowest BCUT2D eigenvalue weighted by Gasteiger charge is -2.39. The van der Waals surface area contributed by atoms with Gasteiger partial charge in [0, 0.05) is 27.8 Å². The maximum Gasteiger partial charge on any atom is 0.242 e. The van der Waals surface area contributed by atoms with Crippen LogP contribution in [0.25, 0.3) is 0 Å². The van der Waals surface area contributed by atoms with Crippen LogP contribution in [-0.2, 0) is 28.7 Å². The van der Waals surface area contributed by atoms with E-state index in [1.54, 1.807) is 37.8 Å². The number of ether oxygens (including phenoxy) is 2. The number of aliphatic hydroxyl groups is 1. The van der Waals surface area contributed by atoms with Gasteiger partial charge >= 0.3 is 0 Å². The molecule has 1 aromatic rings. The molecule has 0 saturated carbocycles. The first-order valence-electron chi connectivity index (χ1n) is 14.8. The van der Waals surface area contributed by atoms with E-state index in [4.69, 9.17) is 9.47 Å². The number of amides is 4. The highest BCUT2D eigenvalue weighted by Crippen LogP contribution is 2.29. The summed E-state index contributed by atoms with van der Waals surface area (Å²) in [6.07, 6.45) is 0.772. The van der Waals surface area contributed by atoms with E-state index in [2.05, 4.69) is 10.6 Å². The van der Waals surface area contributed by atoms with Crippen LogP contribution in [-0.4, -0.2) is 104 Å². The van der Waals surface area contributed by atoms with Gasteiger partial charge in [-0.05, 0) is 31.2 Å². The number of likely N-dealkylation sites (N-methyl/N-ethyl adjacent to an activating group) is 1. The molecule has 0 radical (unpaired) electrons. The number of benzene rings is 1. The summed E-state index contributed by atoms with van der Waals surface area (Å²) in [6.45, 7) is 7.95. The zero-order chi connectivity index (χ0) is 31.4. The summed E-state index contributed by atoms with van der Waals surface area (Å²) < 4.78 is 11.6. The van der Waals surface area contributed by atoms with Gasteiger partial charge in [0.25, 0.3) is 0 Å². The second-order valence-corrected chi connectivity index (χ2v) is 11.3. The standard InChI is InChI=1S/C31H50N4O7/c1-8-20(2)28(34(5)27(38)18-32-19-36)25(41-6)17-26(37)35-16-12-15-24(35)30(42-7)21(3)31(40)33-22(4)29(39)23-13-10-9-11-14-23/h9-11,13-14,19-22,24-25,28-30,39H,8,12,15-18H2,1-7H3,(H,32,36)(H,33,40)/t20-,21+,22+,24-,25+,28?,29+,30+/m0/s1. The molecule has 236 valence electrons. The lowest BCUT2D eigenvalue weighted by atomic mass is 9.90. The molecule has 1 unspecified atom stereocenters. The van der Waals surface area contributed by atoms with E-state index >= 15 is 0 Å². The lowest BCUT2D eigenvalue weighted by Crippen LogP contribution is -2.54. The van der Waals surface area contributed by atoms with Crippen molar-refractivity contribution >= 4 is 24.1 Å². The first kappa shape index (κ1) is 35.2. The molecule has 8 atom stereocenters. The van der Waals surface area contributed by atoms with Crippen LogP contribution in [0.2, 0.25) is 0 Å². The number of methoxy groups -OCH3 is 2. The molecule has 1 saturated heterocycles. The smallest absolute Gasteiger partial charge is 0.242 e. The van der Waals surface area contributed by atoms with Crippen molar-refractivity contribution in [1.82, 2.24) is 20.4 Å². The van der Waals surface area contributed by atoms with Crippen molar-refractivity contribution in [2.24, 2.45) is 11.8 Å². The topological polar surface area (TPSA) is 138 Å². The van der Waals surface area contributed by atoms with Crippen LogP contribution < -0.4 is 10.6 Å². The normalized spacial score (nSPS) is 20.0. The Balaban J connectivity index is 2.14. The Morgan fingerprint density at radius 3 is 2.38 bits per heavy atom. The van der Waals surface area contributed by atoms with Crippen LogP contribution >= 0.6 is 0 Å². The number of hydrogen-bond acceptors (Lipinski definition) is 7. The first-order valence-corrected chi connectivity index (χ1v) is 14.8. The number of likely N-dealkylation sites (tertiary alicyclic amines) is 1. The molecule has 1 aromatic carbocycles. The van der Waals surface area contributed by atoms with Gasteiger partial charge in [0.05, 0.1) is 55.3 Å². The molecule has 0 aromatic heterocycles. The van der Waals surface area contributed by atoms with Gasteiger partial charge in [-0.15, -0.1) is 0 Å². The summed E-state index contributed by atoms with van der Waals surface area (Å²) >= 11 is 0. The highest BCUT2D eigenvalue weighted by Gasteiger charge is 2.42. The number of hydrogen-bond donors (Lipinski definition) is 3. The summed E-state index contributed by atoms with van der Waals surface area (Å²) in [6, 6.07) is 7.94. The average molecular weight is 591 g/mol. The predicted octanol–water partition coefficient (Wildman–Crippen LogP) is 1.89. The molecule has 1 aliphatic heterocycles. The van der Waals surface area contributed by atoms with Crippen LogP contribution in [0.5, 0.6) is 0 Å². The highest BCUT2D eigenvalue weighted by atomic mass is 16.5. The molecule has 2 rings (SSSR count). The number of nitrogens with one attached hydrogen (secondary N) is 2. The fourth-order valence-corrected chi connectivity index (χ4v) is 5.95. The fraction of sp³-hybridized carbons (Fsp3) is 0.677. The van der Waals surface area contributed by atoms with Crippen LogP contribution in [0.4, 0.5) is 0 Å². The van der Waals surface area contributed by atoms with Crippen LogP contribution in [0.15, 0.2) is 30.3 Å². The van der Waals surface area contributed by atoms with E-state index in [0.29, 0.717) is 24.9 Å². The summed E-state index contributed by atoms with van der Waals surface area (Å²) in [5, 5.41) is 16.0. The Hall–Kier alpha value is -3.02. The van der Waals surface area contributed by atoms with Gasteiger partial charge in [-0.3, -0.25) is 19.2 Å². The van der Waals surface area contributed by atoms with Gasteiger partial charge < -0.3 is 35.0 Å². The van der Waals surface area contributed by atoms with Gasteiger partial charge in [-0.1, -0.05) is 57.5 Å². The second-order valence-electron chi connectivity index (χ2n) is 11.3. The van der Waals surface area contributed by atoms with Crippen LogP contribution in [0.1, 0.15) is 65.0 Å². The van der Waals surface area contributed by atoms with E-state index in [0.717, 1.165) is 12.8 Å². The van der Waals surface area contributed by atoms with Crippen molar-refractivity contribution in [2.75, 3.05) is 34.4 Å². The third kappa shape index (κ3) is 8.99. The first-order chi connectivity index (χ1) is 20.0.